The van der Waals surface area contributed by atoms with Crippen molar-refractivity contribution in [2.24, 2.45) is 0 Å². The van der Waals surface area contributed by atoms with Crippen LogP contribution in [-0.2, 0) is 0 Å². The second-order valence-corrected chi connectivity index (χ2v) is 9.47. The molecule has 0 aliphatic carbocycles. The monoisotopic (exact) mass is 508 g/mol. The van der Waals surface area contributed by atoms with Crippen LogP contribution in [0.2, 0.25) is 15.1 Å². The Kier molecular flexibility index (Phi) is 6.23. The minimum absolute atomic E-state index is 0.00208. The lowest BCUT2D eigenvalue weighted by molar-refractivity contribution is 0.0508. The number of carbonyl (C=O) groups excluding carboxylic acids is 4. The van der Waals surface area contributed by atoms with Gasteiger partial charge >= 0.3 is 0 Å². The molecule has 0 fully saturated rings. The molecule has 2 heterocycles. The number of rotatable bonds is 6. The van der Waals surface area contributed by atoms with Gasteiger partial charge in [0.25, 0.3) is 23.6 Å². The van der Waals surface area contributed by atoms with Crippen LogP contribution in [0.25, 0.3) is 10.8 Å². The minimum Gasteiger partial charge on any atom is -0.271 e. The first kappa shape index (κ1) is 24.0. The Balaban J connectivity index is 2.14. The average Bonchev–Trinajstić information content (AvgIpc) is 2.78. The Morgan fingerprint density at radius 1 is 0.636 bits per heavy atom. The Morgan fingerprint density at radius 2 is 1.03 bits per heavy atom. The van der Waals surface area contributed by atoms with Gasteiger partial charge in [0.15, 0.2) is 0 Å². The van der Waals surface area contributed by atoms with Crippen molar-refractivity contribution in [3.8, 4) is 0 Å². The second-order valence-electron chi connectivity index (χ2n) is 8.31. The van der Waals surface area contributed by atoms with Gasteiger partial charge in [0, 0.05) is 22.9 Å². The molecule has 2 aliphatic heterocycles. The summed E-state index contributed by atoms with van der Waals surface area (Å²) in [6.45, 7) is 7.53. The fourth-order valence-electron chi connectivity index (χ4n) is 5.02. The molecule has 2 aromatic rings. The summed E-state index contributed by atoms with van der Waals surface area (Å²) in [4.78, 5) is 56.4. The van der Waals surface area contributed by atoms with E-state index in [9.17, 15) is 19.2 Å². The van der Waals surface area contributed by atoms with Crippen molar-refractivity contribution in [3.63, 3.8) is 0 Å². The van der Waals surface area contributed by atoms with Gasteiger partial charge < -0.3 is 0 Å². The topological polar surface area (TPSA) is 74.8 Å². The Labute approximate surface area is 206 Å². The van der Waals surface area contributed by atoms with Crippen molar-refractivity contribution >= 4 is 69.2 Å². The molecule has 0 saturated heterocycles. The third-order valence-electron chi connectivity index (χ3n) is 6.77. The van der Waals surface area contributed by atoms with E-state index in [1.54, 1.807) is 0 Å². The fourth-order valence-corrected chi connectivity index (χ4v) is 5.85. The van der Waals surface area contributed by atoms with E-state index in [0.29, 0.717) is 25.7 Å². The summed E-state index contributed by atoms with van der Waals surface area (Å²) in [6, 6.07) is 0.697. The maximum absolute atomic E-state index is 13.6. The fraction of sp³-hybridized carbons (Fsp3) is 0.417. The number of benzene rings is 2. The quantitative estimate of drug-likeness (QED) is 0.424. The number of carbonyl (C=O) groups is 4. The normalized spacial score (nSPS) is 15.7. The molecule has 2 aromatic carbocycles. The van der Waals surface area contributed by atoms with Crippen LogP contribution < -0.4 is 0 Å². The molecule has 0 N–H and O–H groups in total. The van der Waals surface area contributed by atoms with Crippen LogP contribution in [-0.4, -0.2) is 45.5 Å². The number of hydrogen-bond donors (Lipinski definition) is 0. The highest BCUT2D eigenvalue weighted by Crippen LogP contribution is 2.48. The lowest BCUT2D eigenvalue weighted by Gasteiger charge is -2.37. The molecule has 4 amide bonds. The molecule has 0 saturated carbocycles. The summed E-state index contributed by atoms with van der Waals surface area (Å²) in [5.41, 5.74) is 0.226. The number of halogens is 3. The molecular weight excluding hydrogens is 487 g/mol. The third-order valence-corrected chi connectivity index (χ3v) is 7.92. The maximum Gasteiger partial charge on any atom is 0.263 e. The van der Waals surface area contributed by atoms with E-state index in [1.165, 1.54) is 11.0 Å². The number of amides is 4. The molecule has 4 rings (SSSR count). The van der Waals surface area contributed by atoms with Crippen LogP contribution in [0.5, 0.6) is 0 Å². The highest BCUT2D eigenvalue weighted by Gasteiger charge is 2.46. The predicted molar refractivity (Wildman–Crippen MR) is 129 cm³/mol. The van der Waals surface area contributed by atoms with E-state index in [4.69, 9.17) is 34.8 Å². The molecule has 9 heteroatoms. The highest BCUT2D eigenvalue weighted by atomic mass is 35.5. The summed E-state index contributed by atoms with van der Waals surface area (Å²) < 4.78 is 0. The number of nitrogens with zero attached hydrogens (tertiary/aromatic N) is 2. The SMILES string of the molecule is CCC(CC)N1C(=O)c2cc(Cl)c3c4c(c(Cl)c(Cl)c(c24)C1=O)C(=O)N(C(CC)CC)C3=O. The van der Waals surface area contributed by atoms with Crippen molar-refractivity contribution in [2.45, 2.75) is 65.5 Å². The lowest BCUT2D eigenvalue weighted by atomic mass is 9.84. The Bertz CT molecular complexity index is 1250. The van der Waals surface area contributed by atoms with Gasteiger partial charge in [-0.2, -0.15) is 0 Å². The number of imide groups is 2. The van der Waals surface area contributed by atoms with Crippen molar-refractivity contribution in [3.05, 3.63) is 43.4 Å². The Morgan fingerprint density at radius 3 is 1.48 bits per heavy atom. The molecule has 0 atom stereocenters. The molecule has 0 radical (unpaired) electrons. The summed E-state index contributed by atoms with van der Waals surface area (Å²) in [6.07, 6.45) is 2.21. The zero-order valence-corrected chi connectivity index (χ0v) is 21.0. The summed E-state index contributed by atoms with van der Waals surface area (Å²) in [7, 11) is 0. The van der Waals surface area contributed by atoms with Crippen LogP contribution in [0.4, 0.5) is 0 Å². The van der Waals surface area contributed by atoms with E-state index in [-0.39, 0.29) is 60.2 Å². The molecule has 0 bridgehead atoms. The number of hydrogen-bond acceptors (Lipinski definition) is 4. The maximum atomic E-state index is 13.6. The van der Waals surface area contributed by atoms with Crippen LogP contribution in [0.1, 0.15) is 94.8 Å². The van der Waals surface area contributed by atoms with E-state index >= 15 is 0 Å². The van der Waals surface area contributed by atoms with Gasteiger partial charge in [-0.25, -0.2) is 0 Å². The van der Waals surface area contributed by atoms with Gasteiger partial charge in [0.1, 0.15) is 0 Å². The predicted octanol–water partition coefficient (Wildman–Crippen LogP) is 6.37. The molecular formula is C24H23Cl3N2O4. The smallest absolute Gasteiger partial charge is 0.263 e. The van der Waals surface area contributed by atoms with Gasteiger partial charge in [0.05, 0.1) is 37.3 Å². The molecule has 0 aromatic heterocycles. The molecule has 0 unspecified atom stereocenters. The molecule has 0 spiro atoms. The van der Waals surface area contributed by atoms with Crippen molar-refractivity contribution in [1.29, 1.82) is 0 Å². The van der Waals surface area contributed by atoms with Gasteiger partial charge in [-0.05, 0) is 31.7 Å². The standard InChI is InChI=1S/C24H23Cl3N2O4/c1-5-10(6-2)28-21(30)12-9-13(25)15-16-14(12)17(23(28)32)19(26)20(27)18(16)24(33)29(22(15)31)11(7-3)8-4/h9-11H,5-8H2,1-4H3. The molecule has 6 nitrogen and oxygen atoms in total. The van der Waals surface area contributed by atoms with Gasteiger partial charge in [-0.3, -0.25) is 29.0 Å². The summed E-state index contributed by atoms with van der Waals surface area (Å²) in [5.74, 6) is -2.28. The van der Waals surface area contributed by atoms with Gasteiger partial charge in [0.2, 0.25) is 0 Å². The molecule has 33 heavy (non-hydrogen) atoms. The van der Waals surface area contributed by atoms with Crippen LogP contribution in [0.3, 0.4) is 0 Å². The molecule has 174 valence electrons. The van der Waals surface area contributed by atoms with Gasteiger partial charge in [-0.15, -0.1) is 0 Å². The summed E-state index contributed by atoms with van der Waals surface area (Å²) in [5, 5.41) is 0.110. The van der Waals surface area contributed by atoms with Crippen molar-refractivity contribution in [2.75, 3.05) is 0 Å². The summed E-state index contributed by atoms with van der Waals surface area (Å²) >= 11 is 19.8. The average molecular weight is 510 g/mol. The van der Waals surface area contributed by atoms with E-state index in [0.717, 1.165) is 4.90 Å². The van der Waals surface area contributed by atoms with E-state index in [2.05, 4.69) is 0 Å². The van der Waals surface area contributed by atoms with Crippen LogP contribution >= 0.6 is 34.8 Å². The highest BCUT2D eigenvalue weighted by molar-refractivity contribution is 6.51. The molecule has 2 aliphatic rings. The first-order valence-corrected chi connectivity index (χ1v) is 12.2. The first-order valence-electron chi connectivity index (χ1n) is 11.1. The van der Waals surface area contributed by atoms with Crippen LogP contribution in [0.15, 0.2) is 6.07 Å². The largest absolute Gasteiger partial charge is 0.271 e. The minimum atomic E-state index is -0.602. The second kappa shape index (κ2) is 8.57. The zero-order valence-electron chi connectivity index (χ0n) is 18.7. The first-order chi connectivity index (χ1) is 15.7. The zero-order chi connectivity index (χ0) is 24.4. The van der Waals surface area contributed by atoms with Crippen LogP contribution in [0, 0.1) is 0 Å². The van der Waals surface area contributed by atoms with E-state index in [1.807, 2.05) is 27.7 Å². The van der Waals surface area contributed by atoms with Gasteiger partial charge in [-0.1, -0.05) is 62.5 Å². The van der Waals surface area contributed by atoms with E-state index < -0.39 is 23.6 Å². The third kappa shape index (κ3) is 3.14. The lowest BCUT2D eigenvalue weighted by Crippen LogP contribution is -2.49. The Hall–Kier alpha value is -2.15. The van der Waals surface area contributed by atoms with Crippen molar-refractivity contribution < 1.29 is 19.2 Å². The van der Waals surface area contributed by atoms with Crippen molar-refractivity contribution in [1.82, 2.24) is 9.80 Å².